The van der Waals surface area contributed by atoms with Crippen LogP contribution in [0.5, 0.6) is 0 Å². The minimum absolute atomic E-state index is 0.0323. The molecule has 4 aromatic rings. The van der Waals surface area contributed by atoms with Crippen molar-refractivity contribution in [2.75, 3.05) is 31.5 Å². The third-order valence-electron chi connectivity index (χ3n) is 8.00. The molecule has 5 heterocycles. The van der Waals surface area contributed by atoms with E-state index in [0.717, 1.165) is 51.6 Å². The molecule has 0 aliphatic carbocycles. The number of carbonyl (C=O) groups excluding carboxylic acids is 1. The largest absolute Gasteiger partial charge is 0.338 e. The van der Waals surface area contributed by atoms with Crippen LogP contribution in [0, 0.1) is 24.0 Å². The molecule has 6 rings (SSSR count). The van der Waals surface area contributed by atoms with E-state index in [4.69, 9.17) is 0 Å². The molecule has 2 fully saturated rings. The van der Waals surface area contributed by atoms with Gasteiger partial charge in [0.25, 0.3) is 5.91 Å². The van der Waals surface area contributed by atoms with Gasteiger partial charge in [0, 0.05) is 42.9 Å². The Kier molecular flexibility index (Phi) is 6.69. The predicted octanol–water partition coefficient (Wildman–Crippen LogP) is 5.02. The first-order chi connectivity index (χ1) is 19.2. The van der Waals surface area contributed by atoms with Gasteiger partial charge in [-0.25, -0.2) is 28.7 Å². The third-order valence-corrected chi connectivity index (χ3v) is 8.00. The van der Waals surface area contributed by atoms with Crippen LogP contribution in [0.1, 0.15) is 55.3 Å². The number of aryl methyl sites for hydroxylation is 1. The van der Waals surface area contributed by atoms with Gasteiger partial charge in [-0.3, -0.25) is 4.79 Å². The Morgan fingerprint density at radius 3 is 2.67 bits per heavy atom. The smallest absolute Gasteiger partial charge is 0.255 e. The van der Waals surface area contributed by atoms with E-state index in [1.807, 2.05) is 30.2 Å². The summed E-state index contributed by atoms with van der Waals surface area (Å²) >= 11 is 0. The molecule has 2 aliphatic rings. The van der Waals surface area contributed by atoms with Crippen LogP contribution in [0.2, 0.25) is 0 Å². The molecule has 3 aromatic heterocycles. The molecule has 208 valence electrons. The Bertz CT molecular complexity index is 1580. The summed E-state index contributed by atoms with van der Waals surface area (Å²) in [5, 5.41) is 6.43. The monoisotopic (exact) mass is 546 g/mol. The Morgan fingerprint density at radius 2 is 1.95 bits per heavy atom. The second kappa shape index (κ2) is 10.2. The van der Waals surface area contributed by atoms with Gasteiger partial charge in [-0.15, -0.1) is 0 Å². The molecule has 0 saturated carbocycles. The number of amides is 1. The predicted molar refractivity (Wildman–Crippen MR) is 148 cm³/mol. The number of nitrogens with one attached hydrogen (secondary N) is 2. The molecule has 0 bridgehead atoms. The Hall–Kier alpha value is -3.99. The van der Waals surface area contributed by atoms with Crippen molar-refractivity contribution in [2.45, 2.75) is 46.1 Å². The number of carbonyl (C=O) groups is 1. The molecular weight excluding hydrogens is 514 g/mol. The van der Waals surface area contributed by atoms with Crippen molar-refractivity contribution in [1.29, 1.82) is 0 Å². The molecule has 40 heavy (non-hydrogen) atoms. The molecule has 1 aromatic carbocycles. The van der Waals surface area contributed by atoms with Crippen LogP contribution in [0.3, 0.4) is 0 Å². The van der Waals surface area contributed by atoms with Crippen LogP contribution in [0.15, 0.2) is 36.7 Å². The average Bonchev–Trinajstić information content (AvgIpc) is 3.51. The zero-order valence-corrected chi connectivity index (χ0v) is 22.8. The van der Waals surface area contributed by atoms with Crippen molar-refractivity contribution in [3.05, 3.63) is 59.7 Å². The van der Waals surface area contributed by atoms with Crippen LogP contribution in [0.25, 0.3) is 22.3 Å². The maximum Gasteiger partial charge on any atom is 0.255 e. The van der Waals surface area contributed by atoms with Crippen LogP contribution >= 0.6 is 0 Å². The number of benzene rings is 1. The highest BCUT2D eigenvalue weighted by atomic mass is 19.1. The molecule has 2 saturated heterocycles. The SMILES string of the molecule is Cc1nc2c(F)cc(-c3nc(Nc4ccc(C(=O)N5CCC6(CCCNC6)C5)cn4)ncc3F)cc2n1C(C)C. The first-order valence-corrected chi connectivity index (χ1v) is 13.7. The Balaban J connectivity index is 1.21. The van der Waals surface area contributed by atoms with Gasteiger partial charge in [0.05, 0.1) is 17.3 Å². The van der Waals surface area contributed by atoms with Gasteiger partial charge in [0.15, 0.2) is 11.6 Å². The molecule has 2 aliphatic heterocycles. The highest BCUT2D eigenvalue weighted by Gasteiger charge is 2.40. The van der Waals surface area contributed by atoms with E-state index < -0.39 is 11.6 Å². The summed E-state index contributed by atoms with van der Waals surface area (Å²) in [5.74, 6) is -0.0814. The number of piperidine rings is 1. The number of imidazole rings is 1. The van der Waals surface area contributed by atoms with Gasteiger partial charge in [-0.1, -0.05) is 0 Å². The summed E-state index contributed by atoms with van der Waals surface area (Å²) in [4.78, 5) is 32.1. The van der Waals surface area contributed by atoms with Gasteiger partial charge in [-0.05, 0) is 70.8 Å². The van der Waals surface area contributed by atoms with Crippen LogP contribution < -0.4 is 10.6 Å². The molecule has 1 spiro atoms. The second-order valence-electron chi connectivity index (χ2n) is 11.2. The maximum atomic E-state index is 15.0. The fourth-order valence-electron chi connectivity index (χ4n) is 6.07. The Labute approximate surface area is 231 Å². The molecular formula is C29H32F2N8O. The number of nitrogens with zero attached hydrogens (tertiary/aromatic N) is 6. The number of halogens is 2. The van der Waals surface area contributed by atoms with Crippen molar-refractivity contribution in [2.24, 2.45) is 5.41 Å². The lowest BCUT2D eigenvalue weighted by Gasteiger charge is -2.33. The summed E-state index contributed by atoms with van der Waals surface area (Å²) in [7, 11) is 0. The lowest BCUT2D eigenvalue weighted by Crippen LogP contribution is -2.42. The van der Waals surface area contributed by atoms with Gasteiger partial charge < -0.3 is 20.1 Å². The molecule has 2 N–H and O–H groups in total. The van der Waals surface area contributed by atoms with Crippen molar-refractivity contribution in [1.82, 2.24) is 34.7 Å². The fourth-order valence-corrected chi connectivity index (χ4v) is 6.07. The van der Waals surface area contributed by atoms with Crippen LogP contribution in [0.4, 0.5) is 20.5 Å². The number of pyridine rings is 1. The van der Waals surface area contributed by atoms with E-state index in [9.17, 15) is 13.6 Å². The first-order valence-electron chi connectivity index (χ1n) is 13.7. The first kappa shape index (κ1) is 26.2. The standard InChI is InChI=1S/C29H32F2N8O/c1-17(2)39-18(3)35-26-21(30)11-20(12-23(26)39)25-22(31)14-34-28(37-25)36-24-6-5-19(13-33-24)27(40)38-10-8-29(16-38)7-4-9-32-15-29/h5-6,11-14,17,32H,4,7-10,15-16H2,1-3H3,(H,33,34,36,37). The average molecular weight is 547 g/mol. The highest BCUT2D eigenvalue weighted by molar-refractivity contribution is 5.94. The van der Waals surface area contributed by atoms with Crippen LogP contribution in [-0.4, -0.2) is 61.5 Å². The van der Waals surface area contributed by atoms with E-state index in [-0.39, 0.29) is 40.1 Å². The minimum Gasteiger partial charge on any atom is -0.338 e. The van der Waals surface area contributed by atoms with E-state index >= 15 is 0 Å². The number of likely N-dealkylation sites (tertiary alicyclic amines) is 1. The van der Waals surface area contributed by atoms with Crippen LogP contribution in [-0.2, 0) is 0 Å². The van der Waals surface area contributed by atoms with E-state index in [2.05, 4.69) is 30.6 Å². The molecule has 0 radical (unpaired) electrons. The van der Waals surface area contributed by atoms with Crippen molar-refractivity contribution >= 4 is 28.7 Å². The zero-order valence-electron chi connectivity index (χ0n) is 22.8. The molecule has 1 unspecified atom stereocenters. The summed E-state index contributed by atoms with van der Waals surface area (Å²) in [6.07, 6.45) is 5.87. The maximum absolute atomic E-state index is 15.0. The quantitative estimate of drug-likeness (QED) is 0.363. The number of aromatic nitrogens is 5. The highest BCUT2D eigenvalue weighted by Crippen LogP contribution is 2.37. The number of rotatable bonds is 5. The van der Waals surface area contributed by atoms with Crippen molar-refractivity contribution in [3.8, 4) is 11.3 Å². The summed E-state index contributed by atoms with van der Waals surface area (Å²) in [5.41, 5.74) is 1.73. The fraction of sp³-hybridized carbons (Fsp3) is 0.414. The van der Waals surface area contributed by atoms with Crippen molar-refractivity contribution in [3.63, 3.8) is 0 Å². The molecule has 1 amide bonds. The number of hydrogen-bond donors (Lipinski definition) is 2. The minimum atomic E-state index is -0.679. The molecule has 1 atom stereocenters. The number of anilines is 2. The van der Waals surface area contributed by atoms with Gasteiger partial charge >= 0.3 is 0 Å². The second-order valence-corrected chi connectivity index (χ2v) is 11.2. The number of fused-ring (bicyclic) bond motifs is 1. The molecule has 11 heteroatoms. The number of hydrogen-bond acceptors (Lipinski definition) is 7. The summed E-state index contributed by atoms with van der Waals surface area (Å²) < 4.78 is 31.7. The van der Waals surface area contributed by atoms with Gasteiger partial charge in [0.1, 0.15) is 22.9 Å². The lowest BCUT2D eigenvalue weighted by atomic mass is 9.80. The topological polar surface area (TPSA) is 101 Å². The van der Waals surface area contributed by atoms with Gasteiger partial charge in [-0.2, -0.15) is 0 Å². The van der Waals surface area contributed by atoms with Crippen molar-refractivity contribution < 1.29 is 13.6 Å². The summed E-state index contributed by atoms with van der Waals surface area (Å²) in [6.45, 7) is 9.28. The van der Waals surface area contributed by atoms with E-state index in [1.165, 1.54) is 12.3 Å². The van der Waals surface area contributed by atoms with E-state index in [0.29, 0.717) is 22.7 Å². The zero-order chi connectivity index (χ0) is 28.0. The van der Waals surface area contributed by atoms with Gasteiger partial charge in [0.2, 0.25) is 5.95 Å². The normalized spacial score (nSPS) is 19.2. The summed E-state index contributed by atoms with van der Waals surface area (Å²) in [6, 6.07) is 6.36. The lowest BCUT2D eigenvalue weighted by molar-refractivity contribution is 0.0764. The third kappa shape index (κ3) is 4.78. The van der Waals surface area contributed by atoms with E-state index in [1.54, 1.807) is 18.2 Å². The molecule has 9 nitrogen and oxygen atoms in total. The Morgan fingerprint density at radius 1 is 1.10 bits per heavy atom.